The maximum absolute atomic E-state index is 13.3. The molecule has 1 aromatic heterocycles. The van der Waals surface area contributed by atoms with Crippen LogP contribution in [0.3, 0.4) is 0 Å². The van der Waals surface area contributed by atoms with Crippen LogP contribution in [0.25, 0.3) is 5.69 Å². The van der Waals surface area contributed by atoms with Crippen LogP contribution in [0.5, 0.6) is 0 Å². The normalized spacial score (nSPS) is 11.9. The number of carbonyl (C=O) groups is 1. The maximum Gasteiger partial charge on any atom is 0.271 e. The molecule has 0 radical (unpaired) electrons. The predicted molar refractivity (Wildman–Crippen MR) is 110 cm³/mol. The van der Waals surface area contributed by atoms with E-state index in [9.17, 15) is 18.4 Å². The molecule has 1 amide bonds. The minimum absolute atomic E-state index is 0.147. The molecule has 0 aliphatic heterocycles. The number of amides is 1. The van der Waals surface area contributed by atoms with Gasteiger partial charge >= 0.3 is 0 Å². The molecule has 0 unspecified atom stereocenters. The van der Waals surface area contributed by atoms with E-state index in [4.69, 9.17) is 11.6 Å². The molecule has 1 heterocycles. The molecule has 1 N–H and O–H groups in total. The highest BCUT2D eigenvalue weighted by Gasteiger charge is 2.17. The lowest BCUT2D eigenvalue weighted by Gasteiger charge is -2.13. The number of hydrogen-bond acceptors (Lipinski definition) is 4. The molecule has 0 saturated heterocycles. The van der Waals surface area contributed by atoms with E-state index in [0.29, 0.717) is 15.7 Å². The summed E-state index contributed by atoms with van der Waals surface area (Å²) in [6, 6.07) is 11.1. The molecule has 0 saturated carbocycles. The van der Waals surface area contributed by atoms with Crippen LogP contribution in [0.1, 0.15) is 12.5 Å². The highest BCUT2D eigenvalue weighted by Crippen LogP contribution is 2.23. The average Bonchev–Trinajstić information content (AvgIpc) is 2.68. The molecule has 9 heteroatoms. The summed E-state index contributed by atoms with van der Waals surface area (Å²) in [4.78, 5) is 24.5. The first-order valence-electron chi connectivity index (χ1n) is 8.54. The third-order valence-electron chi connectivity index (χ3n) is 4.03. The van der Waals surface area contributed by atoms with E-state index in [1.54, 1.807) is 25.1 Å². The van der Waals surface area contributed by atoms with Crippen LogP contribution >= 0.6 is 23.4 Å². The standard InChI is InChI=1S/C20H16ClF2N3O2S/c1-11-3-5-14(10-15(11)21)26-19(27)8-7-18(25-26)29-12(2)20(28)24-13-4-6-16(22)17(23)9-13/h3-10,12H,1-2H3,(H,24,28)/t12-/m1/s1. The summed E-state index contributed by atoms with van der Waals surface area (Å²) in [5.74, 6) is -2.46. The lowest BCUT2D eigenvalue weighted by Crippen LogP contribution is -2.24. The van der Waals surface area contributed by atoms with Crippen molar-refractivity contribution >= 4 is 35.0 Å². The number of hydrogen-bond donors (Lipinski definition) is 1. The first-order valence-corrected chi connectivity index (χ1v) is 9.80. The quantitative estimate of drug-likeness (QED) is 0.595. The van der Waals surface area contributed by atoms with Crippen LogP contribution < -0.4 is 10.9 Å². The van der Waals surface area contributed by atoms with Gasteiger partial charge in [-0.1, -0.05) is 29.4 Å². The van der Waals surface area contributed by atoms with E-state index in [0.717, 1.165) is 29.5 Å². The van der Waals surface area contributed by atoms with E-state index in [2.05, 4.69) is 10.4 Å². The minimum Gasteiger partial charge on any atom is -0.325 e. The first-order chi connectivity index (χ1) is 13.7. The molecular formula is C20H16ClF2N3O2S. The smallest absolute Gasteiger partial charge is 0.271 e. The van der Waals surface area contributed by atoms with E-state index in [1.165, 1.54) is 22.9 Å². The SMILES string of the molecule is Cc1ccc(-n2nc(S[C@H](C)C(=O)Nc3ccc(F)c(F)c3)ccc2=O)cc1Cl. The Morgan fingerprint density at radius 1 is 1.14 bits per heavy atom. The van der Waals surface area contributed by atoms with Crippen LogP contribution in [-0.2, 0) is 4.79 Å². The van der Waals surface area contributed by atoms with E-state index < -0.39 is 22.8 Å². The van der Waals surface area contributed by atoms with Gasteiger partial charge in [-0.2, -0.15) is 9.78 Å². The summed E-state index contributed by atoms with van der Waals surface area (Å²) < 4.78 is 27.5. The van der Waals surface area contributed by atoms with E-state index in [-0.39, 0.29) is 11.2 Å². The van der Waals surface area contributed by atoms with Gasteiger partial charge in [-0.25, -0.2) is 8.78 Å². The number of rotatable bonds is 5. The highest BCUT2D eigenvalue weighted by molar-refractivity contribution is 8.00. The number of benzene rings is 2. The summed E-state index contributed by atoms with van der Waals surface area (Å²) in [6.45, 7) is 3.49. The van der Waals surface area contributed by atoms with Crippen molar-refractivity contribution in [1.29, 1.82) is 0 Å². The van der Waals surface area contributed by atoms with Crippen LogP contribution in [-0.4, -0.2) is 20.9 Å². The molecule has 0 bridgehead atoms. The lowest BCUT2D eigenvalue weighted by atomic mass is 10.2. The molecule has 0 aliphatic carbocycles. The number of halogens is 3. The summed E-state index contributed by atoms with van der Waals surface area (Å²) >= 11 is 7.25. The minimum atomic E-state index is -1.05. The van der Waals surface area contributed by atoms with Gasteiger partial charge in [-0.05, 0) is 49.7 Å². The van der Waals surface area contributed by atoms with Gasteiger partial charge in [-0.3, -0.25) is 9.59 Å². The van der Waals surface area contributed by atoms with Crippen molar-refractivity contribution in [3.8, 4) is 5.69 Å². The number of carbonyl (C=O) groups excluding carboxylic acids is 1. The van der Waals surface area contributed by atoms with Gasteiger partial charge < -0.3 is 5.32 Å². The Balaban J connectivity index is 1.77. The first kappa shape index (κ1) is 21.0. The zero-order valence-electron chi connectivity index (χ0n) is 15.4. The van der Waals surface area contributed by atoms with Gasteiger partial charge in [0.05, 0.1) is 10.9 Å². The molecule has 29 heavy (non-hydrogen) atoms. The molecule has 5 nitrogen and oxygen atoms in total. The fourth-order valence-electron chi connectivity index (χ4n) is 2.41. The summed E-state index contributed by atoms with van der Waals surface area (Å²) in [5.41, 5.74) is 1.19. The maximum atomic E-state index is 13.3. The van der Waals surface area contributed by atoms with Gasteiger partial charge in [0.2, 0.25) is 5.91 Å². The van der Waals surface area contributed by atoms with Gasteiger partial charge in [0.15, 0.2) is 11.6 Å². The molecule has 3 aromatic rings. The third kappa shape index (κ3) is 5.02. The summed E-state index contributed by atoms with van der Waals surface area (Å²) in [6.07, 6.45) is 0. The van der Waals surface area contributed by atoms with Gasteiger partial charge in [0.1, 0.15) is 5.03 Å². The number of nitrogens with one attached hydrogen (secondary N) is 1. The van der Waals surface area contributed by atoms with Crippen molar-refractivity contribution in [2.45, 2.75) is 24.1 Å². The third-order valence-corrected chi connectivity index (χ3v) is 5.46. The summed E-state index contributed by atoms with van der Waals surface area (Å²) in [7, 11) is 0. The topological polar surface area (TPSA) is 64.0 Å². The van der Waals surface area contributed by atoms with Gasteiger partial charge in [-0.15, -0.1) is 0 Å². The van der Waals surface area contributed by atoms with Crippen molar-refractivity contribution in [1.82, 2.24) is 9.78 Å². The Kier molecular flexibility index (Phi) is 6.34. The summed E-state index contributed by atoms with van der Waals surface area (Å²) in [5, 5.41) is 7.15. The number of anilines is 1. The molecule has 0 aliphatic rings. The van der Waals surface area contributed by atoms with Crippen LogP contribution in [0, 0.1) is 18.6 Å². The molecule has 2 aromatic carbocycles. The Bertz CT molecular complexity index is 1140. The number of nitrogens with zero attached hydrogens (tertiary/aromatic N) is 2. The van der Waals surface area contributed by atoms with Crippen molar-refractivity contribution in [3.63, 3.8) is 0 Å². The number of thioether (sulfide) groups is 1. The van der Waals surface area contributed by atoms with Crippen molar-refractivity contribution in [2.24, 2.45) is 0 Å². The number of aromatic nitrogens is 2. The zero-order valence-corrected chi connectivity index (χ0v) is 17.0. The fraction of sp³-hybridized carbons (Fsp3) is 0.150. The molecule has 0 spiro atoms. The second-order valence-corrected chi connectivity index (χ2v) is 8.00. The monoisotopic (exact) mass is 435 g/mol. The van der Waals surface area contributed by atoms with Gasteiger partial charge in [0, 0.05) is 22.8 Å². The molecule has 150 valence electrons. The molecule has 3 rings (SSSR count). The second kappa shape index (κ2) is 8.75. The van der Waals surface area contributed by atoms with Crippen LogP contribution in [0.15, 0.2) is 58.4 Å². The van der Waals surface area contributed by atoms with Gasteiger partial charge in [0.25, 0.3) is 5.56 Å². The number of aryl methyl sites for hydroxylation is 1. The Morgan fingerprint density at radius 2 is 1.90 bits per heavy atom. The second-order valence-electron chi connectivity index (χ2n) is 6.23. The van der Waals surface area contributed by atoms with E-state index in [1.807, 2.05) is 6.92 Å². The molecular weight excluding hydrogens is 420 g/mol. The van der Waals surface area contributed by atoms with Crippen LogP contribution in [0.2, 0.25) is 5.02 Å². The average molecular weight is 436 g/mol. The van der Waals surface area contributed by atoms with Crippen molar-refractivity contribution < 1.29 is 13.6 Å². The Hall–Kier alpha value is -2.71. The lowest BCUT2D eigenvalue weighted by molar-refractivity contribution is -0.115. The Labute approximate surface area is 174 Å². The van der Waals surface area contributed by atoms with E-state index >= 15 is 0 Å². The van der Waals surface area contributed by atoms with Crippen molar-refractivity contribution in [3.05, 3.63) is 81.1 Å². The predicted octanol–water partition coefficient (Wildman–Crippen LogP) is 4.59. The fourth-order valence-corrected chi connectivity index (χ4v) is 3.39. The largest absolute Gasteiger partial charge is 0.325 e. The molecule has 0 fully saturated rings. The highest BCUT2D eigenvalue weighted by atomic mass is 35.5. The molecule has 1 atom stereocenters. The van der Waals surface area contributed by atoms with Crippen LogP contribution in [0.4, 0.5) is 14.5 Å². The van der Waals surface area contributed by atoms with Crippen molar-refractivity contribution in [2.75, 3.05) is 5.32 Å². The Morgan fingerprint density at radius 3 is 2.59 bits per heavy atom. The zero-order chi connectivity index (χ0) is 21.1.